The Morgan fingerprint density at radius 2 is 1.80 bits per heavy atom. The number of aliphatic hydroxyl groups is 1. The summed E-state index contributed by atoms with van der Waals surface area (Å²) < 4.78 is 0. The van der Waals surface area contributed by atoms with Crippen molar-refractivity contribution >= 4 is 11.9 Å². The van der Waals surface area contributed by atoms with Crippen molar-refractivity contribution in [2.45, 2.75) is 37.2 Å². The molecule has 1 saturated carbocycles. The Hall–Kier alpha value is -1.88. The number of rotatable bonds is 5. The van der Waals surface area contributed by atoms with Gasteiger partial charge in [0.05, 0.1) is 12.0 Å². The molecule has 3 N–H and O–H groups in total. The lowest BCUT2D eigenvalue weighted by Gasteiger charge is -2.28. The van der Waals surface area contributed by atoms with Crippen LogP contribution in [0.3, 0.4) is 0 Å². The second-order valence-electron chi connectivity index (χ2n) is 5.22. The molecular weight excluding hydrogens is 258 g/mol. The van der Waals surface area contributed by atoms with Crippen LogP contribution in [0.25, 0.3) is 0 Å². The molecule has 0 aromatic heterocycles. The van der Waals surface area contributed by atoms with Crippen LogP contribution in [0, 0.1) is 0 Å². The Bertz CT molecular complexity index is 480. The average Bonchev–Trinajstić information content (AvgIpc) is 2.96. The summed E-state index contributed by atoms with van der Waals surface area (Å²) in [5, 5.41) is 20.5. The van der Waals surface area contributed by atoms with Gasteiger partial charge in [-0.25, -0.2) is 4.79 Å². The first-order valence-corrected chi connectivity index (χ1v) is 6.81. The van der Waals surface area contributed by atoms with Crippen molar-refractivity contribution in [1.29, 1.82) is 0 Å². The first kappa shape index (κ1) is 14.5. The fourth-order valence-electron chi connectivity index (χ4n) is 2.83. The number of carbonyl (C=O) groups excluding carboxylic acids is 1. The third-order valence-corrected chi connectivity index (χ3v) is 3.96. The number of nitrogens with one attached hydrogen (secondary N) is 1. The lowest BCUT2D eigenvalue weighted by molar-refractivity contribution is -0.146. The number of carboxylic acid groups (broad SMARTS) is 1. The first-order chi connectivity index (χ1) is 9.56. The third-order valence-electron chi connectivity index (χ3n) is 3.96. The Kier molecular flexibility index (Phi) is 4.39. The smallest absolute Gasteiger partial charge is 0.334 e. The molecule has 0 aliphatic heterocycles. The SMILES string of the molecule is O=C(O)[C@@H](O)CNC(=O)C1(c2ccccc2)CCCC1. The highest BCUT2D eigenvalue weighted by Crippen LogP contribution is 2.41. The molecule has 1 aliphatic rings. The largest absolute Gasteiger partial charge is 0.479 e. The minimum atomic E-state index is -1.56. The Balaban J connectivity index is 2.13. The third kappa shape index (κ3) is 2.82. The zero-order chi connectivity index (χ0) is 14.6. The van der Waals surface area contributed by atoms with Crippen LogP contribution in [0.15, 0.2) is 30.3 Å². The van der Waals surface area contributed by atoms with E-state index in [9.17, 15) is 14.7 Å². The van der Waals surface area contributed by atoms with Gasteiger partial charge in [-0.1, -0.05) is 43.2 Å². The van der Waals surface area contributed by atoms with Crippen molar-refractivity contribution < 1.29 is 19.8 Å². The summed E-state index contributed by atoms with van der Waals surface area (Å²) in [7, 11) is 0. The maximum Gasteiger partial charge on any atom is 0.334 e. The summed E-state index contributed by atoms with van der Waals surface area (Å²) in [6.07, 6.45) is 1.90. The molecule has 1 aromatic rings. The molecule has 0 unspecified atom stereocenters. The average molecular weight is 277 g/mol. The van der Waals surface area contributed by atoms with Crippen LogP contribution in [0.4, 0.5) is 0 Å². The van der Waals surface area contributed by atoms with E-state index in [1.54, 1.807) is 0 Å². The molecule has 1 aromatic carbocycles. The fraction of sp³-hybridized carbons (Fsp3) is 0.467. The number of carboxylic acids is 1. The highest BCUT2D eigenvalue weighted by molar-refractivity contribution is 5.89. The van der Waals surface area contributed by atoms with E-state index in [2.05, 4.69) is 5.32 Å². The molecule has 1 amide bonds. The lowest BCUT2D eigenvalue weighted by atomic mass is 9.78. The van der Waals surface area contributed by atoms with Crippen LogP contribution in [-0.2, 0) is 15.0 Å². The molecule has 1 atom stereocenters. The zero-order valence-corrected chi connectivity index (χ0v) is 11.2. The van der Waals surface area contributed by atoms with Gasteiger partial charge in [0.2, 0.25) is 5.91 Å². The van der Waals surface area contributed by atoms with Crippen LogP contribution in [-0.4, -0.2) is 34.7 Å². The zero-order valence-electron chi connectivity index (χ0n) is 11.2. The molecule has 0 saturated heterocycles. The van der Waals surface area contributed by atoms with Gasteiger partial charge in [0, 0.05) is 0 Å². The number of aliphatic carboxylic acids is 1. The van der Waals surface area contributed by atoms with E-state index in [0.717, 1.165) is 31.2 Å². The van der Waals surface area contributed by atoms with E-state index in [1.165, 1.54) is 0 Å². The molecule has 2 rings (SSSR count). The molecule has 0 heterocycles. The highest BCUT2D eigenvalue weighted by atomic mass is 16.4. The Morgan fingerprint density at radius 3 is 2.35 bits per heavy atom. The van der Waals surface area contributed by atoms with Gasteiger partial charge in [-0.05, 0) is 18.4 Å². The maximum atomic E-state index is 12.5. The van der Waals surface area contributed by atoms with Gasteiger partial charge in [0.25, 0.3) is 0 Å². The van der Waals surface area contributed by atoms with E-state index in [4.69, 9.17) is 5.11 Å². The number of amides is 1. The molecule has 1 aliphatic carbocycles. The number of aliphatic hydroxyl groups excluding tert-OH is 1. The normalized spacial score (nSPS) is 18.4. The maximum absolute atomic E-state index is 12.5. The van der Waals surface area contributed by atoms with Crippen molar-refractivity contribution in [3.63, 3.8) is 0 Å². The van der Waals surface area contributed by atoms with Gasteiger partial charge in [-0.2, -0.15) is 0 Å². The quantitative estimate of drug-likeness (QED) is 0.751. The van der Waals surface area contributed by atoms with Crippen LogP contribution in [0.5, 0.6) is 0 Å². The Morgan fingerprint density at radius 1 is 1.20 bits per heavy atom. The summed E-state index contributed by atoms with van der Waals surface area (Å²) in [5.41, 5.74) is 0.374. The number of hydrogen-bond donors (Lipinski definition) is 3. The van der Waals surface area contributed by atoms with E-state index >= 15 is 0 Å². The molecule has 0 bridgehead atoms. The van der Waals surface area contributed by atoms with Gasteiger partial charge < -0.3 is 15.5 Å². The fourth-order valence-corrected chi connectivity index (χ4v) is 2.83. The van der Waals surface area contributed by atoms with E-state index in [1.807, 2.05) is 30.3 Å². The summed E-state index contributed by atoms with van der Waals surface area (Å²) in [5.74, 6) is -1.52. The molecule has 1 fully saturated rings. The minimum absolute atomic E-state index is 0.193. The van der Waals surface area contributed by atoms with Crippen LogP contribution >= 0.6 is 0 Å². The standard InChI is InChI=1S/C15H19NO4/c17-12(13(18)19)10-16-14(20)15(8-4-5-9-15)11-6-2-1-3-7-11/h1-3,6-7,12,17H,4-5,8-10H2,(H,16,20)(H,18,19)/t12-/m0/s1. The van der Waals surface area contributed by atoms with Crippen molar-refractivity contribution in [2.75, 3.05) is 6.54 Å². The molecular formula is C15H19NO4. The minimum Gasteiger partial charge on any atom is -0.479 e. The van der Waals surface area contributed by atoms with Gasteiger partial charge >= 0.3 is 5.97 Å². The van der Waals surface area contributed by atoms with E-state index < -0.39 is 17.5 Å². The summed E-state index contributed by atoms with van der Waals surface area (Å²) in [6.45, 7) is -0.261. The van der Waals surface area contributed by atoms with Crippen LogP contribution < -0.4 is 5.32 Å². The predicted molar refractivity (Wildman–Crippen MR) is 73.2 cm³/mol. The second-order valence-corrected chi connectivity index (χ2v) is 5.22. The lowest BCUT2D eigenvalue weighted by Crippen LogP contribution is -2.46. The number of benzene rings is 1. The molecule has 5 nitrogen and oxygen atoms in total. The first-order valence-electron chi connectivity index (χ1n) is 6.81. The summed E-state index contributed by atoms with van der Waals surface area (Å²) >= 11 is 0. The molecule has 108 valence electrons. The molecule has 0 spiro atoms. The van der Waals surface area contributed by atoms with Gasteiger partial charge in [0.15, 0.2) is 6.10 Å². The van der Waals surface area contributed by atoms with Crippen molar-refractivity contribution in [3.8, 4) is 0 Å². The second kappa shape index (κ2) is 6.05. The molecule has 5 heteroatoms. The van der Waals surface area contributed by atoms with Crippen molar-refractivity contribution in [3.05, 3.63) is 35.9 Å². The molecule has 0 radical (unpaired) electrons. The monoisotopic (exact) mass is 277 g/mol. The van der Waals surface area contributed by atoms with Gasteiger partial charge in [-0.3, -0.25) is 4.79 Å². The van der Waals surface area contributed by atoms with Crippen LogP contribution in [0.2, 0.25) is 0 Å². The van der Waals surface area contributed by atoms with Crippen molar-refractivity contribution in [2.24, 2.45) is 0 Å². The van der Waals surface area contributed by atoms with Gasteiger partial charge in [-0.15, -0.1) is 0 Å². The topological polar surface area (TPSA) is 86.6 Å². The molecule has 20 heavy (non-hydrogen) atoms. The van der Waals surface area contributed by atoms with Crippen molar-refractivity contribution in [1.82, 2.24) is 5.32 Å². The van der Waals surface area contributed by atoms with Crippen LogP contribution in [0.1, 0.15) is 31.2 Å². The number of hydrogen-bond acceptors (Lipinski definition) is 3. The summed E-state index contributed by atoms with van der Waals surface area (Å²) in [6, 6.07) is 9.55. The Labute approximate surface area is 117 Å². The van der Waals surface area contributed by atoms with E-state index in [0.29, 0.717) is 0 Å². The summed E-state index contributed by atoms with van der Waals surface area (Å²) in [4.78, 5) is 23.1. The highest BCUT2D eigenvalue weighted by Gasteiger charge is 2.42. The van der Waals surface area contributed by atoms with E-state index in [-0.39, 0.29) is 12.5 Å². The number of carbonyl (C=O) groups is 2. The van der Waals surface area contributed by atoms with Gasteiger partial charge in [0.1, 0.15) is 0 Å². The predicted octanol–water partition coefficient (Wildman–Crippen LogP) is 1.06.